The summed E-state index contributed by atoms with van der Waals surface area (Å²) in [5.74, 6) is -0.395. The van der Waals surface area contributed by atoms with E-state index in [0.29, 0.717) is 16.9 Å². The molecule has 11 nitrogen and oxygen atoms in total. The summed E-state index contributed by atoms with van der Waals surface area (Å²) in [4.78, 5) is 20.2. The normalized spacial score (nSPS) is 11.1. The molecule has 0 saturated carbocycles. The number of amides is 1. The molecule has 4 aromatic rings. The molecule has 0 atom stereocenters. The number of nitrogens with zero attached hydrogens (tertiary/aromatic N) is 6. The van der Waals surface area contributed by atoms with Gasteiger partial charge in [-0.3, -0.25) is 4.79 Å². The van der Waals surface area contributed by atoms with E-state index >= 15 is 0 Å². The smallest absolute Gasteiger partial charge is 0.264 e. The van der Waals surface area contributed by atoms with Crippen LogP contribution in [0.5, 0.6) is 0 Å². The summed E-state index contributed by atoms with van der Waals surface area (Å²) in [6, 6.07) is 14.0. The second-order valence-corrected chi connectivity index (χ2v) is 7.64. The predicted octanol–water partition coefficient (Wildman–Crippen LogP) is 1.51. The van der Waals surface area contributed by atoms with E-state index in [1.807, 2.05) is 0 Å². The van der Waals surface area contributed by atoms with Crippen LogP contribution in [0, 0.1) is 0 Å². The lowest BCUT2D eigenvalue weighted by molar-refractivity contribution is 0.102. The number of hydrogen-bond acceptors (Lipinski definition) is 8. The van der Waals surface area contributed by atoms with Crippen LogP contribution in [0.25, 0.3) is 5.69 Å². The maximum absolute atomic E-state index is 12.5. The van der Waals surface area contributed by atoms with Gasteiger partial charge in [-0.05, 0) is 59.0 Å². The molecule has 2 heterocycles. The molecule has 2 aromatic heterocycles. The van der Waals surface area contributed by atoms with Crippen LogP contribution in [0.3, 0.4) is 0 Å². The Labute approximate surface area is 170 Å². The van der Waals surface area contributed by atoms with Crippen molar-refractivity contribution in [1.29, 1.82) is 0 Å². The molecule has 0 aliphatic rings. The molecule has 30 heavy (non-hydrogen) atoms. The summed E-state index contributed by atoms with van der Waals surface area (Å²) in [5.41, 5.74) is 1.45. The van der Waals surface area contributed by atoms with Crippen LogP contribution in [0.15, 0.2) is 78.2 Å². The summed E-state index contributed by atoms with van der Waals surface area (Å²) in [7, 11) is -3.85. The molecule has 1 amide bonds. The molecule has 0 bridgehead atoms. The highest BCUT2D eigenvalue weighted by molar-refractivity contribution is 7.92. The second-order valence-electron chi connectivity index (χ2n) is 5.96. The molecule has 0 radical (unpaired) electrons. The van der Waals surface area contributed by atoms with Crippen molar-refractivity contribution < 1.29 is 13.2 Å². The number of carbonyl (C=O) groups is 1. The molecule has 150 valence electrons. The number of benzene rings is 2. The zero-order valence-corrected chi connectivity index (χ0v) is 16.1. The van der Waals surface area contributed by atoms with Crippen LogP contribution in [0.4, 0.5) is 11.6 Å². The molecule has 12 heteroatoms. The molecule has 2 aromatic carbocycles. The third-order valence-corrected chi connectivity index (χ3v) is 5.28. The Hall–Kier alpha value is -4.19. The number of tetrazole rings is 1. The fraction of sp³-hybridized carbons (Fsp3) is 0. The summed E-state index contributed by atoms with van der Waals surface area (Å²) in [5, 5.41) is 13.6. The van der Waals surface area contributed by atoms with E-state index in [1.54, 1.807) is 30.3 Å². The van der Waals surface area contributed by atoms with Crippen molar-refractivity contribution in [3.05, 3.63) is 78.9 Å². The maximum atomic E-state index is 12.5. The molecule has 0 aliphatic heterocycles. The second kappa shape index (κ2) is 8.05. The number of anilines is 2. The van der Waals surface area contributed by atoms with Gasteiger partial charge in [0.15, 0.2) is 0 Å². The number of carbonyl (C=O) groups excluding carboxylic acids is 1. The monoisotopic (exact) mass is 422 g/mol. The fourth-order valence-corrected chi connectivity index (χ4v) is 3.48. The van der Waals surface area contributed by atoms with Crippen LogP contribution in [0.2, 0.25) is 0 Å². The van der Waals surface area contributed by atoms with Gasteiger partial charge in [-0.1, -0.05) is 6.07 Å². The highest BCUT2D eigenvalue weighted by atomic mass is 32.2. The van der Waals surface area contributed by atoms with Crippen molar-refractivity contribution in [3.63, 3.8) is 0 Å². The number of aromatic nitrogens is 6. The standard InChI is InChI=1S/C18H14N8O3S/c27-17(13-3-1-4-15(11-13)26-12-21-24-25-26)22-14-5-7-16(8-6-14)30(28,29)23-18-19-9-2-10-20-18/h1-12H,(H,22,27)(H,19,20,23). The van der Waals surface area contributed by atoms with Gasteiger partial charge in [0.1, 0.15) is 6.33 Å². The van der Waals surface area contributed by atoms with E-state index in [0.717, 1.165) is 0 Å². The summed E-state index contributed by atoms with van der Waals surface area (Å²) in [6.45, 7) is 0. The molecule has 0 fully saturated rings. The van der Waals surface area contributed by atoms with Gasteiger partial charge < -0.3 is 5.32 Å². The SMILES string of the molecule is O=C(Nc1ccc(S(=O)(=O)Nc2ncccn2)cc1)c1cccc(-n2cnnn2)c1. The quantitative estimate of drug-likeness (QED) is 0.476. The summed E-state index contributed by atoms with van der Waals surface area (Å²) in [6.07, 6.45) is 4.28. The van der Waals surface area contributed by atoms with Gasteiger partial charge in [-0.15, -0.1) is 5.10 Å². The molecule has 4 rings (SSSR count). The van der Waals surface area contributed by atoms with Gasteiger partial charge in [0, 0.05) is 23.6 Å². The van der Waals surface area contributed by atoms with Crippen LogP contribution < -0.4 is 10.0 Å². The first-order valence-corrected chi connectivity index (χ1v) is 10.0. The Kier molecular flexibility index (Phi) is 5.13. The maximum Gasteiger partial charge on any atom is 0.264 e. The summed E-state index contributed by atoms with van der Waals surface area (Å²) < 4.78 is 28.5. The zero-order valence-electron chi connectivity index (χ0n) is 15.2. The van der Waals surface area contributed by atoms with Crippen molar-refractivity contribution in [3.8, 4) is 5.69 Å². The van der Waals surface area contributed by atoms with Crippen LogP contribution in [-0.4, -0.2) is 44.5 Å². The third kappa shape index (κ3) is 4.28. The minimum Gasteiger partial charge on any atom is -0.322 e. The van der Waals surface area contributed by atoms with E-state index < -0.39 is 10.0 Å². The van der Waals surface area contributed by atoms with Crippen molar-refractivity contribution in [2.75, 3.05) is 10.0 Å². The Morgan fingerprint density at radius 2 is 1.73 bits per heavy atom. The zero-order chi connectivity index (χ0) is 21.0. The highest BCUT2D eigenvalue weighted by Gasteiger charge is 2.16. The lowest BCUT2D eigenvalue weighted by Gasteiger charge is -2.09. The van der Waals surface area contributed by atoms with Crippen molar-refractivity contribution >= 4 is 27.6 Å². The molecule has 2 N–H and O–H groups in total. The van der Waals surface area contributed by atoms with E-state index in [-0.39, 0.29) is 16.8 Å². The van der Waals surface area contributed by atoms with E-state index in [1.165, 1.54) is 47.7 Å². The van der Waals surface area contributed by atoms with E-state index in [2.05, 4.69) is 35.5 Å². The molecule has 0 aliphatic carbocycles. The van der Waals surface area contributed by atoms with E-state index in [9.17, 15) is 13.2 Å². The molecule has 0 saturated heterocycles. The predicted molar refractivity (Wildman–Crippen MR) is 106 cm³/mol. The van der Waals surface area contributed by atoms with Crippen LogP contribution >= 0.6 is 0 Å². The minimum atomic E-state index is -3.85. The fourth-order valence-electron chi connectivity index (χ4n) is 2.52. The lowest BCUT2D eigenvalue weighted by atomic mass is 10.2. The van der Waals surface area contributed by atoms with Gasteiger partial charge in [-0.25, -0.2) is 27.8 Å². The van der Waals surface area contributed by atoms with Gasteiger partial charge in [-0.2, -0.15) is 0 Å². The molecular weight excluding hydrogens is 408 g/mol. The van der Waals surface area contributed by atoms with E-state index in [4.69, 9.17) is 0 Å². The number of rotatable bonds is 6. The Balaban J connectivity index is 1.47. The highest BCUT2D eigenvalue weighted by Crippen LogP contribution is 2.17. The lowest BCUT2D eigenvalue weighted by Crippen LogP contribution is -2.15. The Morgan fingerprint density at radius 3 is 2.43 bits per heavy atom. The van der Waals surface area contributed by atoms with Gasteiger partial charge in [0.2, 0.25) is 5.95 Å². The molecule has 0 spiro atoms. The van der Waals surface area contributed by atoms with Crippen molar-refractivity contribution in [2.45, 2.75) is 4.90 Å². The van der Waals surface area contributed by atoms with Crippen LogP contribution in [0.1, 0.15) is 10.4 Å². The van der Waals surface area contributed by atoms with Gasteiger partial charge >= 0.3 is 0 Å². The van der Waals surface area contributed by atoms with Gasteiger partial charge in [0.25, 0.3) is 15.9 Å². The first-order chi connectivity index (χ1) is 14.5. The third-order valence-electron chi connectivity index (χ3n) is 3.94. The van der Waals surface area contributed by atoms with Crippen molar-refractivity contribution in [1.82, 2.24) is 30.2 Å². The number of sulfonamides is 1. The first kappa shape index (κ1) is 19.1. The Morgan fingerprint density at radius 1 is 0.967 bits per heavy atom. The van der Waals surface area contributed by atoms with Crippen molar-refractivity contribution in [2.24, 2.45) is 0 Å². The average Bonchev–Trinajstić information content (AvgIpc) is 3.30. The largest absolute Gasteiger partial charge is 0.322 e. The molecular formula is C18H14N8O3S. The minimum absolute atomic E-state index is 0.00799. The average molecular weight is 422 g/mol. The topological polar surface area (TPSA) is 145 Å². The molecule has 0 unspecified atom stereocenters. The number of nitrogens with one attached hydrogen (secondary N) is 2. The summed E-state index contributed by atoms with van der Waals surface area (Å²) >= 11 is 0. The number of hydrogen-bond donors (Lipinski definition) is 2. The van der Waals surface area contributed by atoms with Crippen LogP contribution in [-0.2, 0) is 10.0 Å². The van der Waals surface area contributed by atoms with Gasteiger partial charge in [0.05, 0.1) is 10.6 Å². The first-order valence-electron chi connectivity index (χ1n) is 8.56. The Bertz CT molecular complexity index is 1260.